The standard InChI is InChI=1S/C21H30N2O2/c1-3-16-6-10-19(11-7-16)23(20-12-13-20)21(25)18-8-4-17(5-9-18)14-22-15(2)24/h4-5,8-9,16,19-20H,3,6-7,10-14H2,1-2H3,(H,22,24). The topological polar surface area (TPSA) is 49.4 Å². The molecule has 0 bridgehead atoms. The minimum absolute atomic E-state index is 0.0391. The zero-order valence-corrected chi connectivity index (χ0v) is 15.5. The van der Waals surface area contributed by atoms with E-state index in [9.17, 15) is 9.59 Å². The van der Waals surface area contributed by atoms with Crippen LogP contribution in [0.2, 0.25) is 0 Å². The van der Waals surface area contributed by atoms with Crippen LogP contribution in [0.3, 0.4) is 0 Å². The van der Waals surface area contributed by atoms with Crippen LogP contribution < -0.4 is 5.32 Å². The Labute approximate surface area is 151 Å². The molecule has 4 heteroatoms. The highest BCUT2D eigenvalue weighted by Crippen LogP contribution is 2.37. The van der Waals surface area contributed by atoms with E-state index in [0.29, 0.717) is 18.6 Å². The quantitative estimate of drug-likeness (QED) is 0.852. The monoisotopic (exact) mass is 342 g/mol. The summed E-state index contributed by atoms with van der Waals surface area (Å²) in [6, 6.07) is 8.58. The van der Waals surface area contributed by atoms with Crippen molar-refractivity contribution < 1.29 is 9.59 Å². The van der Waals surface area contributed by atoms with Crippen LogP contribution in [-0.4, -0.2) is 28.8 Å². The summed E-state index contributed by atoms with van der Waals surface area (Å²) in [6.07, 6.45) is 8.39. The first kappa shape index (κ1) is 18.0. The molecule has 2 saturated carbocycles. The van der Waals surface area contributed by atoms with Crippen molar-refractivity contribution in [2.75, 3.05) is 0 Å². The van der Waals surface area contributed by atoms with Crippen molar-refractivity contribution in [3.63, 3.8) is 0 Å². The molecule has 0 unspecified atom stereocenters. The first-order chi connectivity index (χ1) is 12.1. The summed E-state index contributed by atoms with van der Waals surface area (Å²) >= 11 is 0. The zero-order chi connectivity index (χ0) is 17.8. The molecule has 0 atom stereocenters. The maximum atomic E-state index is 13.1. The number of carbonyl (C=O) groups excluding carboxylic acids is 2. The fourth-order valence-electron chi connectivity index (χ4n) is 3.95. The molecule has 2 fully saturated rings. The van der Waals surface area contributed by atoms with Crippen LogP contribution in [0.4, 0.5) is 0 Å². The molecule has 3 rings (SSSR count). The molecule has 136 valence electrons. The van der Waals surface area contributed by atoms with Gasteiger partial charge in [0.15, 0.2) is 0 Å². The minimum Gasteiger partial charge on any atom is -0.352 e. The molecule has 0 aliphatic heterocycles. The van der Waals surface area contributed by atoms with E-state index in [1.165, 1.54) is 26.2 Å². The van der Waals surface area contributed by atoms with E-state index in [1.807, 2.05) is 24.3 Å². The van der Waals surface area contributed by atoms with Crippen LogP contribution in [0.15, 0.2) is 24.3 Å². The third-order valence-electron chi connectivity index (χ3n) is 5.70. The Morgan fingerprint density at radius 3 is 2.04 bits per heavy atom. The van der Waals surface area contributed by atoms with Crippen molar-refractivity contribution in [1.82, 2.24) is 10.2 Å². The molecule has 0 radical (unpaired) electrons. The Morgan fingerprint density at radius 2 is 1.56 bits per heavy atom. The predicted octanol–water partition coefficient (Wildman–Crippen LogP) is 3.90. The average Bonchev–Trinajstić information content (AvgIpc) is 3.46. The summed E-state index contributed by atoms with van der Waals surface area (Å²) < 4.78 is 0. The van der Waals surface area contributed by atoms with Crippen LogP contribution in [0.5, 0.6) is 0 Å². The number of amides is 2. The van der Waals surface area contributed by atoms with Crippen molar-refractivity contribution in [3.05, 3.63) is 35.4 Å². The molecule has 0 heterocycles. The highest BCUT2D eigenvalue weighted by molar-refractivity contribution is 5.95. The summed E-state index contributed by atoms with van der Waals surface area (Å²) in [7, 11) is 0. The first-order valence-corrected chi connectivity index (χ1v) is 9.74. The number of rotatable bonds is 6. The highest BCUT2D eigenvalue weighted by Gasteiger charge is 2.38. The van der Waals surface area contributed by atoms with Crippen LogP contribution in [0.25, 0.3) is 0 Å². The summed E-state index contributed by atoms with van der Waals surface area (Å²) in [5, 5.41) is 2.79. The molecule has 2 amide bonds. The fourth-order valence-corrected chi connectivity index (χ4v) is 3.95. The van der Waals surface area contributed by atoms with E-state index in [0.717, 1.165) is 42.7 Å². The number of hydrogen-bond acceptors (Lipinski definition) is 2. The Balaban J connectivity index is 1.65. The minimum atomic E-state index is -0.0391. The van der Waals surface area contributed by atoms with E-state index in [1.54, 1.807) is 0 Å². The zero-order valence-electron chi connectivity index (χ0n) is 15.5. The number of carbonyl (C=O) groups is 2. The van der Waals surface area contributed by atoms with E-state index >= 15 is 0 Å². The Kier molecular flexibility index (Phi) is 5.77. The lowest BCUT2D eigenvalue weighted by Gasteiger charge is -2.37. The molecule has 2 aliphatic carbocycles. The van der Waals surface area contributed by atoms with Gasteiger partial charge in [-0.25, -0.2) is 0 Å². The van der Waals surface area contributed by atoms with Gasteiger partial charge in [-0.3, -0.25) is 9.59 Å². The fraction of sp³-hybridized carbons (Fsp3) is 0.619. The summed E-state index contributed by atoms with van der Waals surface area (Å²) in [5.74, 6) is 0.997. The van der Waals surface area contributed by atoms with Crippen LogP contribution in [-0.2, 0) is 11.3 Å². The predicted molar refractivity (Wildman–Crippen MR) is 99.2 cm³/mol. The summed E-state index contributed by atoms with van der Waals surface area (Å²) in [6.45, 7) is 4.30. The Hall–Kier alpha value is -1.84. The van der Waals surface area contributed by atoms with Gasteiger partial charge in [-0.15, -0.1) is 0 Å². The molecule has 0 aromatic heterocycles. The molecular weight excluding hydrogens is 312 g/mol. The lowest BCUT2D eigenvalue weighted by atomic mass is 9.83. The first-order valence-electron chi connectivity index (χ1n) is 9.74. The van der Waals surface area contributed by atoms with E-state index in [-0.39, 0.29) is 11.8 Å². The molecule has 1 aromatic rings. The summed E-state index contributed by atoms with van der Waals surface area (Å²) in [4.78, 5) is 26.3. The van der Waals surface area contributed by atoms with Crippen LogP contribution in [0, 0.1) is 5.92 Å². The largest absolute Gasteiger partial charge is 0.352 e. The van der Waals surface area contributed by atoms with Gasteiger partial charge in [-0.2, -0.15) is 0 Å². The number of nitrogens with one attached hydrogen (secondary N) is 1. The second-order valence-electron chi connectivity index (χ2n) is 7.63. The molecule has 0 spiro atoms. The normalized spacial score (nSPS) is 23.1. The van der Waals surface area contributed by atoms with E-state index < -0.39 is 0 Å². The Morgan fingerprint density at radius 1 is 1.00 bits per heavy atom. The molecule has 0 saturated heterocycles. The van der Waals surface area contributed by atoms with Gasteiger partial charge in [-0.1, -0.05) is 25.5 Å². The second-order valence-corrected chi connectivity index (χ2v) is 7.63. The molecule has 4 nitrogen and oxygen atoms in total. The average molecular weight is 342 g/mol. The van der Waals surface area contributed by atoms with Gasteiger partial charge >= 0.3 is 0 Å². The van der Waals surface area contributed by atoms with Gasteiger partial charge in [0.2, 0.25) is 5.91 Å². The van der Waals surface area contributed by atoms with Crippen molar-refractivity contribution in [3.8, 4) is 0 Å². The lowest BCUT2D eigenvalue weighted by Crippen LogP contribution is -2.43. The van der Waals surface area contributed by atoms with Crippen LogP contribution in [0.1, 0.15) is 74.7 Å². The molecule has 1 N–H and O–H groups in total. The van der Waals surface area contributed by atoms with Gasteiger partial charge in [0, 0.05) is 31.1 Å². The molecule has 2 aliphatic rings. The maximum Gasteiger partial charge on any atom is 0.254 e. The SMILES string of the molecule is CCC1CCC(N(C(=O)c2ccc(CNC(C)=O)cc2)C2CC2)CC1. The van der Waals surface area contributed by atoms with Gasteiger partial charge in [-0.05, 0) is 62.1 Å². The molecule has 25 heavy (non-hydrogen) atoms. The smallest absolute Gasteiger partial charge is 0.254 e. The third-order valence-corrected chi connectivity index (χ3v) is 5.70. The van der Waals surface area contributed by atoms with Gasteiger partial charge in [0.1, 0.15) is 0 Å². The molecular formula is C21H30N2O2. The number of nitrogens with zero attached hydrogens (tertiary/aromatic N) is 1. The van der Waals surface area contributed by atoms with Crippen molar-refractivity contribution >= 4 is 11.8 Å². The lowest BCUT2D eigenvalue weighted by molar-refractivity contribution is -0.119. The number of benzene rings is 1. The molecule has 1 aromatic carbocycles. The maximum absolute atomic E-state index is 13.1. The number of hydrogen-bond donors (Lipinski definition) is 1. The van der Waals surface area contributed by atoms with Crippen molar-refractivity contribution in [1.29, 1.82) is 0 Å². The van der Waals surface area contributed by atoms with Crippen molar-refractivity contribution in [2.45, 2.75) is 77.4 Å². The van der Waals surface area contributed by atoms with Gasteiger partial charge in [0.25, 0.3) is 5.91 Å². The Bertz CT molecular complexity index is 599. The van der Waals surface area contributed by atoms with Gasteiger partial charge < -0.3 is 10.2 Å². The van der Waals surface area contributed by atoms with E-state index in [4.69, 9.17) is 0 Å². The van der Waals surface area contributed by atoms with Crippen LogP contribution >= 0.6 is 0 Å². The van der Waals surface area contributed by atoms with E-state index in [2.05, 4.69) is 17.1 Å². The van der Waals surface area contributed by atoms with Gasteiger partial charge in [0.05, 0.1) is 0 Å². The second kappa shape index (κ2) is 8.03. The highest BCUT2D eigenvalue weighted by atomic mass is 16.2. The summed E-state index contributed by atoms with van der Waals surface area (Å²) in [5.41, 5.74) is 1.80. The van der Waals surface area contributed by atoms with Crippen molar-refractivity contribution in [2.24, 2.45) is 5.92 Å². The third kappa shape index (κ3) is 4.62.